The number of amides is 1. The number of aromatic nitrogens is 2. The first kappa shape index (κ1) is 23.4. The lowest BCUT2D eigenvalue weighted by atomic mass is 9.96. The molecule has 0 N–H and O–H groups in total. The summed E-state index contributed by atoms with van der Waals surface area (Å²) in [6, 6.07) is 4.93. The zero-order chi connectivity index (χ0) is 21.6. The van der Waals surface area contributed by atoms with Crippen LogP contribution < -0.4 is 5.56 Å². The van der Waals surface area contributed by atoms with Crippen molar-refractivity contribution in [3.05, 3.63) is 39.4 Å². The molecule has 6 heteroatoms. The fourth-order valence-corrected chi connectivity index (χ4v) is 4.20. The predicted molar refractivity (Wildman–Crippen MR) is 120 cm³/mol. The van der Waals surface area contributed by atoms with E-state index in [1.165, 1.54) is 0 Å². The Labute approximate surface area is 179 Å². The van der Waals surface area contributed by atoms with Gasteiger partial charge in [0.05, 0.1) is 16.9 Å². The first-order valence-electron chi connectivity index (χ1n) is 10.9. The quantitative estimate of drug-likeness (QED) is 0.504. The number of unbranched alkanes of at least 4 members (excludes halogenated alkanes) is 1. The van der Waals surface area contributed by atoms with E-state index in [1.807, 2.05) is 25.7 Å². The molecule has 1 amide bonds. The Balaban J connectivity index is 2.57. The number of halogens is 1. The van der Waals surface area contributed by atoms with E-state index in [4.69, 9.17) is 16.6 Å². The van der Waals surface area contributed by atoms with Gasteiger partial charge in [-0.1, -0.05) is 45.2 Å². The molecule has 0 radical (unpaired) electrons. The van der Waals surface area contributed by atoms with Gasteiger partial charge in [0.1, 0.15) is 5.82 Å². The second kappa shape index (κ2) is 10.8. The van der Waals surface area contributed by atoms with E-state index < -0.39 is 0 Å². The van der Waals surface area contributed by atoms with Crippen LogP contribution in [-0.2, 0) is 11.3 Å². The molecule has 29 heavy (non-hydrogen) atoms. The molecule has 160 valence electrons. The largest absolute Gasteiger partial charge is 0.333 e. The monoisotopic (exact) mass is 419 g/mol. The highest BCUT2D eigenvalue weighted by molar-refractivity contribution is 6.31. The van der Waals surface area contributed by atoms with E-state index in [9.17, 15) is 9.59 Å². The zero-order valence-corrected chi connectivity index (χ0v) is 19.1. The van der Waals surface area contributed by atoms with E-state index in [2.05, 4.69) is 13.8 Å². The fraction of sp³-hybridized carbons (Fsp3) is 0.609. The van der Waals surface area contributed by atoms with Crippen molar-refractivity contribution in [3.8, 4) is 0 Å². The van der Waals surface area contributed by atoms with Gasteiger partial charge in [-0.05, 0) is 51.3 Å². The fourth-order valence-electron chi connectivity index (χ4n) is 4.03. The standard InChI is InChI=1S/C23H34ClN3O2/c1-6-11-12-16(7-2)22(28)26(9-4)20(8-3)21-25-19-15-17(24)13-14-18(19)23(29)27(21)10-5/h13-16,20H,6-12H2,1-5H3. The molecule has 0 aliphatic rings. The van der Waals surface area contributed by atoms with E-state index in [0.29, 0.717) is 41.3 Å². The summed E-state index contributed by atoms with van der Waals surface area (Å²) in [5.41, 5.74) is 0.506. The number of fused-ring (bicyclic) bond motifs is 1. The maximum Gasteiger partial charge on any atom is 0.261 e. The number of hydrogen-bond acceptors (Lipinski definition) is 3. The minimum atomic E-state index is -0.237. The van der Waals surface area contributed by atoms with Crippen LogP contribution in [0.5, 0.6) is 0 Å². The number of hydrogen-bond donors (Lipinski definition) is 0. The Hall–Kier alpha value is -1.88. The first-order chi connectivity index (χ1) is 13.9. The van der Waals surface area contributed by atoms with Crippen LogP contribution in [-0.4, -0.2) is 26.9 Å². The maximum atomic E-state index is 13.4. The molecule has 5 nitrogen and oxygen atoms in total. The minimum absolute atomic E-state index is 0.0145. The molecule has 1 aromatic heterocycles. The van der Waals surface area contributed by atoms with Gasteiger partial charge in [0.15, 0.2) is 0 Å². The van der Waals surface area contributed by atoms with Gasteiger partial charge in [0.2, 0.25) is 5.91 Å². The number of rotatable bonds is 10. The molecule has 1 aromatic carbocycles. The van der Waals surface area contributed by atoms with Gasteiger partial charge in [-0.15, -0.1) is 0 Å². The Morgan fingerprint density at radius 3 is 2.45 bits per heavy atom. The van der Waals surface area contributed by atoms with Crippen molar-refractivity contribution in [3.63, 3.8) is 0 Å². The molecular formula is C23H34ClN3O2. The lowest BCUT2D eigenvalue weighted by Gasteiger charge is -2.34. The van der Waals surface area contributed by atoms with Crippen molar-refractivity contribution in [2.75, 3.05) is 6.54 Å². The van der Waals surface area contributed by atoms with E-state index in [-0.39, 0.29) is 23.4 Å². The molecule has 0 spiro atoms. The first-order valence-corrected chi connectivity index (χ1v) is 11.3. The summed E-state index contributed by atoms with van der Waals surface area (Å²) in [6.07, 6.45) is 4.55. The SMILES string of the molecule is CCCCC(CC)C(=O)N(CC)C(CC)c1nc2cc(Cl)ccc2c(=O)n1CC. The van der Waals surface area contributed by atoms with Crippen molar-refractivity contribution >= 4 is 28.4 Å². The van der Waals surface area contributed by atoms with Crippen LogP contribution in [0.25, 0.3) is 10.9 Å². The van der Waals surface area contributed by atoms with Crippen LogP contribution >= 0.6 is 11.6 Å². The van der Waals surface area contributed by atoms with E-state index >= 15 is 0 Å². The number of nitrogens with zero attached hydrogens (tertiary/aromatic N) is 3. The van der Waals surface area contributed by atoms with Crippen LogP contribution in [0.2, 0.25) is 5.02 Å². The van der Waals surface area contributed by atoms with Crippen LogP contribution in [0.15, 0.2) is 23.0 Å². The minimum Gasteiger partial charge on any atom is -0.333 e. The third kappa shape index (κ3) is 5.00. The van der Waals surface area contributed by atoms with Gasteiger partial charge in [-0.3, -0.25) is 14.2 Å². The molecule has 0 saturated carbocycles. The lowest BCUT2D eigenvalue weighted by Crippen LogP contribution is -2.41. The van der Waals surface area contributed by atoms with Gasteiger partial charge >= 0.3 is 0 Å². The number of carbonyl (C=O) groups is 1. The van der Waals surface area contributed by atoms with Crippen LogP contribution in [0.1, 0.15) is 78.6 Å². The smallest absolute Gasteiger partial charge is 0.261 e. The normalized spacial score (nSPS) is 13.4. The Morgan fingerprint density at radius 1 is 1.17 bits per heavy atom. The molecule has 2 atom stereocenters. The van der Waals surface area contributed by atoms with Crippen LogP contribution in [0.4, 0.5) is 0 Å². The molecule has 2 rings (SSSR count). The second-order valence-electron chi connectivity index (χ2n) is 7.48. The highest BCUT2D eigenvalue weighted by Gasteiger charge is 2.30. The Morgan fingerprint density at radius 2 is 1.90 bits per heavy atom. The summed E-state index contributed by atoms with van der Waals surface area (Å²) in [5, 5.41) is 1.10. The summed E-state index contributed by atoms with van der Waals surface area (Å²) in [6.45, 7) is 11.3. The average molecular weight is 420 g/mol. The Kier molecular flexibility index (Phi) is 8.69. The number of carbonyl (C=O) groups excluding carboxylic acids is 1. The molecule has 2 unspecified atom stereocenters. The third-order valence-electron chi connectivity index (χ3n) is 5.70. The summed E-state index contributed by atoms with van der Waals surface area (Å²) >= 11 is 6.15. The van der Waals surface area contributed by atoms with Crippen molar-refractivity contribution in [1.82, 2.24) is 14.5 Å². The summed E-state index contributed by atoms with van der Waals surface area (Å²) < 4.78 is 1.70. The van der Waals surface area contributed by atoms with E-state index in [0.717, 1.165) is 25.7 Å². The van der Waals surface area contributed by atoms with Gasteiger partial charge in [0.25, 0.3) is 5.56 Å². The molecular weight excluding hydrogens is 386 g/mol. The van der Waals surface area contributed by atoms with Gasteiger partial charge < -0.3 is 4.90 Å². The highest BCUT2D eigenvalue weighted by Crippen LogP contribution is 2.28. The van der Waals surface area contributed by atoms with E-state index in [1.54, 1.807) is 22.8 Å². The zero-order valence-electron chi connectivity index (χ0n) is 18.4. The molecule has 0 fully saturated rings. The topological polar surface area (TPSA) is 55.2 Å². The van der Waals surface area contributed by atoms with Crippen LogP contribution in [0.3, 0.4) is 0 Å². The maximum absolute atomic E-state index is 13.4. The highest BCUT2D eigenvalue weighted by atomic mass is 35.5. The molecule has 2 aromatic rings. The summed E-state index contributed by atoms with van der Waals surface area (Å²) in [5.74, 6) is 0.828. The predicted octanol–water partition coefficient (Wildman–Crippen LogP) is 5.59. The summed E-state index contributed by atoms with van der Waals surface area (Å²) in [7, 11) is 0. The Bertz CT molecular complexity index is 894. The van der Waals surface area contributed by atoms with Crippen LogP contribution in [0, 0.1) is 5.92 Å². The lowest BCUT2D eigenvalue weighted by molar-refractivity contribution is -0.138. The average Bonchev–Trinajstić information content (AvgIpc) is 2.71. The van der Waals surface area contributed by atoms with Crippen molar-refractivity contribution in [2.24, 2.45) is 5.92 Å². The molecule has 0 bridgehead atoms. The molecule has 0 saturated heterocycles. The van der Waals surface area contributed by atoms with Crippen molar-refractivity contribution < 1.29 is 4.79 Å². The van der Waals surface area contributed by atoms with Gasteiger partial charge in [-0.25, -0.2) is 4.98 Å². The van der Waals surface area contributed by atoms with Gasteiger partial charge in [0, 0.05) is 24.0 Å². The summed E-state index contributed by atoms with van der Waals surface area (Å²) in [4.78, 5) is 33.2. The second-order valence-corrected chi connectivity index (χ2v) is 7.91. The van der Waals surface area contributed by atoms with Crippen molar-refractivity contribution in [2.45, 2.75) is 79.3 Å². The number of benzene rings is 1. The van der Waals surface area contributed by atoms with Crippen molar-refractivity contribution in [1.29, 1.82) is 0 Å². The molecule has 0 aliphatic heterocycles. The molecule has 0 aliphatic carbocycles. The third-order valence-corrected chi connectivity index (χ3v) is 5.93. The molecule has 1 heterocycles. The van der Waals surface area contributed by atoms with Gasteiger partial charge in [-0.2, -0.15) is 0 Å².